The second kappa shape index (κ2) is 13.2. The highest BCUT2D eigenvalue weighted by molar-refractivity contribution is 14.0. The number of rotatable bonds is 10. The second-order valence-corrected chi connectivity index (χ2v) is 9.19. The summed E-state index contributed by atoms with van der Waals surface area (Å²) in [7, 11) is 1.24. The van der Waals surface area contributed by atoms with E-state index in [9.17, 15) is 8.42 Å². The molecule has 0 saturated heterocycles. The second-order valence-electron chi connectivity index (χ2n) is 6.93. The first kappa shape index (κ1) is 26.1. The molecule has 8 heteroatoms. The summed E-state index contributed by atoms with van der Waals surface area (Å²) in [6, 6.07) is 0.460. The zero-order valence-corrected chi connectivity index (χ0v) is 19.4. The summed E-state index contributed by atoms with van der Waals surface area (Å²) in [6.07, 6.45) is 2.94. The lowest BCUT2D eigenvalue weighted by Crippen LogP contribution is -2.44. The summed E-state index contributed by atoms with van der Waals surface area (Å²) in [5.74, 6) is 1.57. The monoisotopic (exact) mass is 476 g/mol. The number of hydrogen-bond donors (Lipinski definition) is 2. The van der Waals surface area contributed by atoms with Crippen LogP contribution in [-0.2, 0) is 9.84 Å². The van der Waals surface area contributed by atoms with Crippen molar-refractivity contribution < 1.29 is 8.42 Å². The van der Waals surface area contributed by atoms with Gasteiger partial charge >= 0.3 is 0 Å². The highest BCUT2D eigenvalue weighted by Gasteiger charge is 2.14. The Hall–Kier alpha value is -0.0900. The van der Waals surface area contributed by atoms with Crippen LogP contribution in [0.25, 0.3) is 0 Å². The fourth-order valence-corrected chi connectivity index (χ4v) is 2.99. The molecule has 0 aromatic rings. The minimum atomic E-state index is -2.92. The Morgan fingerprint density at radius 2 is 1.79 bits per heavy atom. The molecule has 2 unspecified atom stereocenters. The van der Waals surface area contributed by atoms with Crippen molar-refractivity contribution in [2.45, 2.75) is 52.6 Å². The number of likely N-dealkylation sites (N-methyl/N-ethyl adjacent to an activating group) is 1. The molecule has 146 valence electrons. The molecular formula is C16H37IN4O2S. The Morgan fingerprint density at radius 1 is 1.21 bits per heavy atom. The Kier molecular flexibility index (Phi) is 14.3. The van der Waals surface area contributed by atoms with Crippen LogP contribution in [0.4, 0.5) is 0 Å². The molecule has 0 radical (unpaired) electrons. The van der Waals surface area contributed by atoms with Gasteiger partial charge in [0, 0.05) is 24.9 Å². The SMILES string of the molecule is CCNC(=NCC(CC(C)C)N(C)C)NC(C)CCS(C)(=O)=O.I. The van der Waals surface area contributed by atoms with E-state index in [2.05, 4.69) is 48.5 Å². The summed E-state index contributed by atoms with van der Waals surface area (Å²) >= 11 is 0. The van der Waals surface area contributed by atoms with Gasteiger partial charge in [-0.15, -0.1) is 24.0 Å². The third kappa shape index (κ3) is 14.3. The standard InChI is InChI=1S/C16H36N4O2S.HI/c1-8-17-16(19-14(4)9-10-23(7,21)22)18-12-15(20(5)6)11-13(2)3;/h13-15H,8-12H2,1-7H3,(H2,17,18,19);1H. The van der Waals surface area contributed by atoms with Crippen LogP contribution in [0.2, 0.25) is 0 Å². The maximum Gasteiger partial charge on any atom is 0.191 e. The van der Waals surface area contributed by atoms with Gasteiger partial charge in [0.1, 0.15) is 9.84 Å². The van der Waals surface area contributed by atoms with Crippen LogP contribution < -0.4 is 10.6 Å². The quantitative estimate of drug-likeness (QED) is 0.287. The van der Waals surface area contributed by atoms with Gasteiger partial charge in [-0.1, -0.05) is 13.8 Å². The number of nitrogens with one attached hydrogen (secondary N) is 2. The van der Waals surface area contributed by atoms with Gasteiger partial charge < -0.3 is 15.5 Å². The van der Waals surface area contributed by atoms with Gasteiger partial charge in [0.05, 0.1) is 12.3 Å². The predicted molar refractivity (Wildman–Crippen MR) is 115 cm³/mol. The van der Waals surface area contributed by atoms with Gasteiger partial charge in [-0.25, -0.2) is 8.42 Å². The van der Waals surface area contributed by atoms with Gasteiger partial charge in [-0.05, 0) is 46.7 Å². The van der Waals surface area contributed by atoms with E-state index in [-0.39, 0.29) is 35.8 Å². The molecule has 0 aliphatic heterocycles. The van der Waals surface area contributed by atoms with Crippen molar-refractivity contribution in [2.24, 2.45) is 10.9 Å². The molecule has 0 heterocycles. The number of nitrogens with zero attached hydrogens (tertiary/aromatic N) is 2. The van der Waals surface area contributed by atoms with E-state index in [0.717, 1.165) is 25.5 Å². The first-order chi connectivity index (χ1) is 10.5. The van der Waals surface area contributed by atoms with Gasteiger partial charge in [-0.2, -0.15) is 0 Å². The van der Waals surface area contributed by atoms with E-state index in [1.54, 1.807) is 0 Å². The molecule has 6 nitrogen and oxygen atoms in total. The molecule has 2 N–H and O–H groups in total. The van der Waals surface area contributed by atoms with Crippen molar-refractivity contribution >= 4 is 39.8 Å². The van der Waals surface area contributed by atoms with Crippen LogP contribution in [0.3, 0.4) is 0 Å². The number of hydrogen-bond acceptors (Lipinski definition) is 4. The summed E-state index contributed by atoms with van der Waals surface area (Å²) in [6.45, 7) is 9.94. The van der Waals surface area contributed by atoms with E-state index in [0.29, 0.717) is 18.4 Å². The van der Waals surface area contributed by atoms with Crippen LogP contribution in [0.5, 0.6) is 0 Å². The van der Waals surface area contributed by atoms with E-state index >= 15 is 0 Å². The molecule has 0 aliphatic rings. The topological polar surface area (TPSA) is 73.8 Å². The molecule has 0 aromatic heterocycles. The highest BCUT2D eigenvalue weighted by Crippen LogP contribution is 2.09. The average Bonchev–Trinajstić information content (AvgIpc) is 2.39. The maximum absolute atomic E-state index is 11.3. The zero-order chi connectivity index (χ0) is 18.0. The van der Waals surface area contributed by atoms with Gasteiger partial charge in [0.15, 0.2) is 5.96 Å². The Bertz CT molecular complexity index is 453. The Balaban J connectivity index is 0. The molecule has 0 aliphatic carbocycles. The number of halogens is 1. The van der Waals surface area contributed by atoms with Crippen molar-refractivity contribution in [3.63, 3.8) is 0 Å². The van der Waals surface area contributed by atoms with Gasteiger partial charge in [-0.3, -0.25) is 4.99 Å². The lowest BCUT2D eigenvalue weighted by atomic mass is 10.0. The molecular weight excluding hydrogens is 439 g/mol. The van der Waals surface area contributed by atoms with Crippen LogP contribution >= 0.6 is 24.0 Å². The normalized spacial score (nSPS) is 15.1. The lowest BCUT2D eigenvalue weighted by molar-refractivity contribution is 0.261. The summed E-state index contributed by atoms with van der Waals surface area (Å²) in [5.41, 5.74) is 0. The van der Waals surface area contributed by atoms with Crippen LogP contribution in [0, 0.1) is 5.92 Å². The third-order valence-corrected chi connectivity index (χ3v) is 4.56. The maximum atomic E-state index is 11.3. The molecule has 0 spiro atoms. The van der Waals surface area contributed by atoms with E-state index in [1.165, 1.54) is 6.26 Å². The van der Waals surface area contributed by atoms with Gasteiger partial charge in [0.25, 0.3) is 0 Å². The molecule has 24 heavy (non-hydrogen) atoms. The fraction of sp³-hybridized carbons (Fsp3) is 0.938. The van der Waals surface area contributed by atoms with E-state index in [1.807, 2.05) is 13.8 Å². The fourth-order valence-electron chi connectivity index (χ4n) is 2.21. The summed E-state index contributed by atoms with van der Waals surface area (Å²) in [5, 5.41) is 6.52. The van der Waals surface area contributed by atoms with Crippen LogP contribution in [-0.4, -0.2) is 70.6 Å². The largest absolute Gasteiger partial charge is 0.357 e. The summed E-state index contributed by atoms with van der Waals surface area (Å²) in [4.78, 5) is 6.88. The number of aliphatic imine (C=N–C) groups is 1. The molecule has 2 atom stereocenters. The van der Waals surface area contributed by atoms with Crippen molar-refractivity contribution in [1.82, 2.24) is 15.5 Å². The number of sulfone groups is 1. The minimum absolute atomic E-state index is 0. The smallest absolute Gasteiger partial charge is 0.191 e. The van der Waals surface area contributed by atoms with Crippen molar-refractivity contribution in [1.29, 1.82) is 0 Å². The number of guanidine groups is 1. The average molecular weight is 476 g/mol. The zero-order valence-electron chi connectivity index (χ0n) is 16.3. The van der Waals surface area contributed by atoms with Crippen molar-refractivity contribution in [3.8, 4) is 0 Å². The molecule has 0 saturated carbocycles. The molecule has 0 bridgehead atoms. The minimum Gasteiger partial charge on any atom is -0.357 e. The third-order valence-electron chi connectivity index (χ3n) is 3.58. The Morgan fingerprint density at radius 3 is 2.21 bits per heavy atom. The van der Waals surface area contributed by atoms with Crippen LogP contribution in [0.15, 0.2) is 4.99 Å². The molecule has 0 fully saturated rings. The van der Waals surface area contributed by atoms with Gasteiger partial charge in [0.2, 0.25) is 0 Å². The van der Waals surface area contributed by atoms with E-state index in [4.69, 9.17) is 0 Å². The lowest BCUT2D eigenvalue weighted by Gasteiger charge is -2.25. The van der Waals surface area contributed by atoms with Crippen molar-refractivity contribution in [3.05, 3.63) is 0 Å². The van der Waals surface area contributed by atoms with E-state index < -0.39 is 9.84 Å². The highest BCUT2D eigenvalue weighted by atomic mass is 127. The first-order valence-electron chi connectivity index (χ1n) is 8.44. The molecule has 0 aromatic carbocycles. The van der Waals surface area contributed by atoms with Crippen LogP contribution in [0.1, 0.15) is 40.5 Å². The Labute approximate surface area is 166 Å². The first-order valence-corrected chi connectivity index (χ1v) is 10.5. The van der Waals surface area contributed by atoms with Crippen molar-refractivity contribution in [2.75, 3.05) is 39.2 Å². The summed E-state index contributed by atoms with van der Waals surface area (Å²) < 4.78 is 22.5. The molecule has 0 rings (SSSR count). The molecule has 0 amide bonds. The predicted octanol–water partition coefficient (Wildman–Crippen LogP) is 1.96.